The summed E-state index contributed by atoms with van der Waals surface area (Å²) in [4.78, 5) is 2.41. The molecule has 228 valence electrons. The lowest BCUT2D eigenvalue weighted by Gasteiger charge is -2.30. The van der Waals surface area contributed by atoms with E-state index in [0.29, 0.717) is 11.1 Å². The highest BCUT2D eigenvalue weighted by Crippen LogP contribution is 2.54. The van der Waals surface area contributed by atoms with Crippen LogP contribution in [0, 0.1) is 22.7 Å². The lowest BCUT2D eigenvalue weighted by molar-refractivity contribution is 0.505. The predicted molar refractivity (Wildman–Crippen MR) is 195 cm³/mol. The van der Waals surface area contributed by atoms with E-state index in [1.54, 1.807) is 0 Å². The van der Waals surface area contributed by atoms with Crippen molar-refractivity contribution in [3.8, 4) is 29.0 Å². The fraction of sp³-hybridized carbons (Fsp3) is 0.0455. The topological polar surface area (TPSA) is 68.9 Å². The van der Waals surface area contributed by atoms with Gasteiger partial charge in [0.15, 0.2) is 0 Å². The second-order valence-electron chi connectivity index (χ2n) is 12.7. The fourth-order valence-electron chi connectivity index (χ4n) is 8.16. The van der Waals surface area contributed by atoms with E-state index < -0.39 is 0 Å². The van der Waals surface area contributed by atoms with Gasteiger partial charge in [-0.1, -0.05) is 84.9 Å². The largest absolute Gasteiger partial charge is 0.460 e. The first-order valence-corrected chi connectivity index (χ1v) is 16.4. The summed E-state index contributed by atoms with van der Waals surface area (Å²) in [5.74, 6) is 0.996. The summed E-state index contributed by atoms with van der Waals surface area (Å²) in [6, 6.07) is 50.2. The molecule has 0 saturated heterocycles. The van der Waals surface area contributed by atoms with E-state index in [1.165, 1.54) is 5.56 Å². The van der Waals surface area contributed by atoms with Crippen molar-refractivity contribution in [3.05, 3.63) is 168 Å². The van der Waals surface area contributed by atoms with Crippen LogP contribution in [0.1, 0.15) is 33.9 Å². The summed E-state index contributed by atoms with van der Waals surface area (Å²) >= 11 is 0. The molecule has 0 N–H and O–H groups in total. The van der Waals surface area contributed by atoms with Gasteiger partial charge in [-0.25, -0.2) is 0 Å². The zero-order valence-electron chi connectivity index (χ0n) is 26.2. The Hall–Kier alpha value is -6.82. The van der Waals surface area contributed by atoms with Crippen molar-refractivity contribution in [2.45, 2.75) is 12.0 Å². The van der Waals surface area contributed by atoms with Crippen LogP contribution in [0.25, 0.3) is 55.7 Å². The molecule has 0 bridgehead atoms. The molecule has 0 saturated carbocycles. The maximum atomic E-state index is 10.5. The maximum absolute atomic E-state index is 10.5. The van der Waals surface area contributed by atoms with Gasteiger partial charge >= 0.3 is 0 Å². The SMILES string of the molecule is N#Cc1ccc2c(c1)c1ccccc1n2-c1cccc(C#N)c1-c1ccc2c(c1)N(c1ccccc1)C1C=Cc3c(oc4ccccc34)C21. The molecule has 10 rings (SSSR count). The first-order chi connectivity index (χ1) is 24.2. The third-order valence-corrected chi connectivity index (χ3v) is 10.2. The minimum absolute atomic E-state index is 0.00834. The number of nitrogens with zero attached hydrogens (tertiary/aromatic N) is 4. The average molecular weight is 627 g/mol. The van der Waals surface area contributed by atoms with Gasteiger partial charge in [-0.15, -0.1) is 0 Å². The molecule has 2 aromatic heterocycles. The predicted octanol–water partition coefficient (Wildman–Crippen LogP) is 10.6. The average Bonchev–Trinajstić information content (AvgIpc) is 3.81. The molecule has 2 atom stereocenters. The Kier molecular flexibility index (Phi) is 5.76. The molecular formula is C44H26N4O. The second kappa shape index (κ2) is 10.3. The van der Waals surface area contributed by atoms with Crippen molar-refractivity contribution in [1.29, 1.82) is 10.5 Å². The van der Waals surface area contributed by atoms with Crippen molar-refractivity contribution < 1.29 is 4.42 Å². The molecule has 0 amide bonds. The third-order valence-electron chi connectivity index (χ3n) is 10.2. The lowest BCUT2D eigenvalue weighted by Crippen LogP contribution is -2.30. The van der Waals surface area contributed by atoms with Gasteiger partial charge in [0, 0.05) is 38.7 Å². The van der Waals surface area contributed by atoms with Crippen molar-refractivity contribution in [1.82, 2.24) is 4.57 Å². The Morgan fingerprint density at radius 2 is 1.43 bits per heavy atom. The van der Waals surface area contributed by atoms with E-state index in [-0.39, 0.29) is 12.0 Å². The highest BCUT2D eigenvalue weighted by atomic mass is 16.3. The number of aromatic nitrogens is 1. The van der Waals surface area contributed by atoms with Gasteiger partial charge in [0.1, 0.15) is 11.3 Å². The minimum Gasteiger partial charge on any atom is -0.460 e. The molecule has 2 unspecified atom stereocenters. The van der Waals surface area contributed by atoms with Crippen molar-refractivity contribution in [2.24, 2.45) is 0 Å². The molecule has 5 nitrogen and oxygen atoms in total. The number of anilines is 2. The van der Waals surface area contributed by atoms with E-state index in [0.717, 1.165) is 72.3 Å². The number of fused-ring (bicyclic) bond motifs is 10. The Morgan fingerprint density at radius 1 is 0.633 bits per heavy atom. The molecule has 2 aliphatic rings. The summed E-state index contributed by atoms with van der Waals surface area (Å²) in [7, 11) is 0. The highest BCUT2D eigenvalue weighted by Gasteiger charge is 2.44. The number of benzene rings is 6. The molecule has 1 aliphatic carbocycles. The molecule has 6 aromatic carbocycles. The van der Waals surface area contributed by atoms with E-state index >= 15 is 0 Å². The Bertz CT molecular complexity index is 2770. The van der Waals surface area contributed by atoms with Crippen LogP contribution in [0.2, 0.25) is 0 Å². The lowest BCUT2D eigenvalue weighted by atomic mass is 9.85. The summed E-state index contributed by atoms with van der Waals surface area (Å²) in [5.41, 5.74) is 11.4. The standard InChI is InChI=1S/C44H26N4O/c45-25-27-17-21-37-35(23-27)31-12-4-6-14-36(31)48(37)38-15-8-9-29(26-46)42(38)28-18-19-34-40(24-28)47(30-10-2-1-3-11-30)39-22-20-33-32-13-5-7-16-41(32)49-44(33)43(34)39/h1-24,39,43H. The summed E-state index contributed by atoms with van der Waals surface area (Å²) in [6.45, 7) is 0. The smallest absolute Gasteiger partial charge is 0.134 e. The van der Waals surface area contributed by atoms with Gasteiger partial charge in [0.05, 0.1) is 51.9 Å². The van der Waals surface area contributed by atoms with Crippen LogP contribution < -0.4 is 4.90 Å². The van der Waals surface area contributed by atoms with Crippen LogP contribution in [0.15, 0.2) is 144 Å². The number of nitriles is 2. The molecule has 49 heavy (non-hydrogen) atoms. The first-order valence-electron chi connectivity index (χ1n) is 16.4. The summed E-state index contributed by atoms with van der Waals surface area (Å²) in [5, 5.41) is 23.4. The zero-order valence-corrected chi connectivity index (χ0v) is 26.2. The third kappa shape index (κ3) is 3.85. The van der Waals surface area contributed by atoms with Crippen LogP contribution in [0.5, 0.6) is 0 Å². The van der Waals surface area contributed by atoms with Crippen LogP contribution >= 0.6 is 0 Å². The van der Waals surface area contributed by atoms with E-state index in [9.17, 15) is 10.5 Å². The molecule has 1 aliphatic heterocycles. The number of para-hydroxylation sites is 3. The van der Waals surface area contributed by atoms with Gasteiger partial charge in [-0.05, 0) is 71.8 Å². The fourth-order valence-corrected chi connectivity index (χ4v) is 8.16. The van der Waals surface area contributed by atoms with Crippen LogP contribution in [0.4, 0.5) is 11.4 Å². The number of hydrogen-bond acceptors (Lipinski definition) is 4. The minimum atomic E-state index is 0.00834. The normalized spacial score (nSPS) is 16.0. The van der Waals surface area contributed by atoms with Crippen LogP contribution in [0.3, 0.4) is 0 Å². The van der Waals surface area contributed by atoms with E-state index in [2.05, 4.69) is 107 Å². The second-order valence-corrected chi connectivity index (χ2v) is 12.7. The van der Waals surface area contributed by atoms with Crippen LogP contribution in [-0.4, -0.2) is 10.6 Å². The quantitative estimate of drug-likeness (QED) is 0.196. The van der Waals surface area contributed by atoms with Gasteiger partial charge in [0.2, 0.25) is 0 Å². The number of hydrogen-bond donors (Lipinski definition) is 0. The molecular weight excluding hydrogens is 601 g/mol. The number of furan rings is 1. The Morgan fingerprint density at radius 3 is 2.29 bits per heavy atom. The van der Waals surface area contributed by atoms with Gasteiger partial charge in [-0.2, -0.15) is 10.5 Å². The first kappa shape index (κ1) is 27.3. The highest BCUT2D eigenvalue weighted by molar-refractivity contribution is 6.10. The molecule has 0 radical (unpaired) electrons. The van der Waals surface area contributed by atoms with Crippen molar-refractivity contribution in [3.63, 3.8) is 0 Å². The van der Waals surface area contributed by atoms with E-state index in [1.807, 2.05) is 60.7 Å². The van der Waals surface area contributed by atoms with Gasteiger partial charge < -0.3 is 13.9 Å². The van der Waals surface area contributed by atoms with Crippen molar-refractivity contribution in [2.75, 3.05) is 4.90 Å². The van der Waals surface area contributed by atoms with Gasteiger partial charge in [-0.3, -0.25) is 0 Å². The van der Waals surface area contributed by atoms with Crippen LogP contribution in [-0.2, 0) is 0 Å². The Balaban J connectivity index is 1.23. The number of rotatable bonds is 3. The molecule has 0 fully saturated rings. The van der Waals surface area contributed by atoms with Gasteiger partial charge in [0.25, 0.3) is 0 Å². The molecule has 3 heterocycles. The Labute approximate surface area is 282 Å². The summed E-state index contributed by atoms with van der Waals surface area (Å²) in [6.07, 6.45) is 4.53. The monoisotopic (exact) mass is 626 g/mol. The van der Waals surface area contributed by atoms with Crippen molar-refractivity contribution >= 4 is 50.2 Å². The van der Waals surface area contributed by atoms with E-state index in [4.69, 9.17) is 4.42 Å². The molecule has 8 aromatic rings. The summed E-state index contributed by atoms with van der Waals surface area (Å²) < 4.78 is 8.85. The zero-order chi connectivity index (χ0) is 32.6. The molecule has 5 heteroatoms. The molecule has 0 spiro atoms. The maximum Gasteiger partial charge on any atom is 0.134 e.